The smallest absolute Gasteiger partial charge is 0.253 e. The van der Waals surface area contributed by atoms with Gasteiger partial charge in [0.1, 0.15) is 0 Å². The first-order valence-corrected chi connectivity index (χ1v) is 11.3. The Bertz CT molecular complexity index is 702. The molecular weight excluding hydrogens is 358 g/mol. The van der Waals surface area contributed by atoms with Gasteiger partial charge in [0.2, 0.25) is 5.91 Å². The van der Waals surface area contributed by atoms with E-state index in [4.69, 9.17) is 0 Å². The summed E-state index contributed by atoms with van der Waals surface area (Å²) in [6, 6.07) is 7.85. The maximum atomic E-state index is 13.0. The molecule has 1 N–H and O–H groups in total. The van der Waals surface area contributed by atoms with Crippen molar-refractivity contribution >= 4 is 29.3 Å². The van der Waals surface area contributed by atoms with E-state index in [1.54, 1.807) is 0 Å². The Balaban J connectivity index is 1.38. The Morgan fingerprint density at radius 2 is 1.78 bits per heavy atom. The quantitative estimate of drug-likeness (QED) is 0.844. The van der Waals surface area contributed by atoms with E-state index in [0.29, 0.717) is 22.8 Å². The summed E-state index contributed by atoms with van der Waals surface area (Å²) in [6.45, 7) is 6.07. The number of nitrogens with zero attached hydrogens (tertiary/aromatic N) is 2. The number of thioether (sulfide) groups is 1. The van der Waals surface area contributed by atoms with Crippen molar-refractivity contribution < 1.29 is 9.59 Å². The van der Waals surface area contributed by atoms with Gasteiger partial charge in [0.15, 0.2) is 0 Å². The van der Waals surface area contributed by atoms with Gasteiger partial charge >= 0.3 is 0 Å². The number of benzene rings is 1. The molecule has 2 amide bonds. The second-order valence-electron chi connectivity index (χ2n) is 8.18. The number of rotatable bonds is 5. The summed E-state index contributed by atoms with van der Waals surface area (Å²) in [7, 11) is 0. The lowest BCUT2D eigenvalue weighted by atomic mass is 10.1. The van der Waals surface area contributed by atoms with Crippen LogP contribution in [0.25, 0.3) is 0 Å². The zero-order valence-electron chi connectivity index (χ0n) is 16.2. The summed E-state index contributed by atoms with van der Waals surface area (Å²) in [5.74, 6) is 0.845. The van der Waals surface area contributed by atoms with Gasteiger partial charge in [-0.15, -0.1) is 0 Å². The van der Waals surface area contributed by atoms with Crippen LogP contribution in [0.4, 0.5) is 5.69 Å². The van der Waals surface area contributed by atoms with E-state index in [0.717, 1.165) is 38.3 Å². The summed E-state index contributed by atoms with van der Waals surface area (Å²) >= 11 is 1.88. The molecule has 2 saturated heterocycles. The second kappa shape index (κ2) is 7.84. The summed E-state index contributed by atoms with van der Waals surface area (Å²) in [6.07, 6.45) is 5.68. The molecule has 6 heteroatoms. The summed E-state index contributed by atoms with van der Waals surface area (Å²) in [5, 5.41) is 3.45. The van der Waals surface area contributed by atoms with Crippen LogP contribution in [0.2, 0.25) is 0 Å². The van der Waals surface area contributed by atoms with Crippen molar-refractivity contribution in [2.24, 2.45) is 11.8 Å². The van der Waals surface area contributed by atoms with Gasteiger partial charge in [-0.2, -0.15) is 11.8 Å². The van der Waals surface area contributed by atoms with Gasteiger partial charge in [0.05, 0.1) is 0 Å². The van der Waals surface area contributed by atoms with E-state index in [1.807, 2.05) is 40.9 Å². The van der Waals surface area contributed by atoms with Gasteiger partial charge in [0.25, 0.3) is 5.91 Å². The molecule has 4 rings (SSSR count). The minimum absolute atomic E-state index is 0.0948. The Hall–Kier alpha value is -1.53. The van der Waals surface area contributed by atoms with Crippen LogP contribution in [-0.4, -0.2) is 65.3 Å². The van der Waals surface area contributed by atoms with E-state index >= 15 is 0 Å². The number of nitrogens with one attached hydrogen (secondary N) is 1. The van der Waals surface area contributed by atoms with Gasteiger partial charge in [-0.05, 0) is 68.8 Å². The highest BCUT2D eigenvalue weighted by Gasteiger charge is 2.40. The van der Waals surface area contributed by atoms with E-state index in [-0.39, 0.29) is 17.7 Å². The fraction of sp³-hybridized carbons (Fsp3) is 0.619. The first kappa shape index (κ1) is 18.8. The van der Waals surface area contributed by atoms with Crippen molar-refractivity contribution in [1.29, 1.82) is 0 Å². The van der Waals surface area contributed by atoms with Crippen molar-refractivity contribution in [3.8, 4) is 0 Å². The fourth-order valence-electron chi connectivity index (χ4n) is 4.38. The molecule has 0 radical (unpaired) electrons. The fourth-order valence-corrected chi connectivity index (χ4v) is 5.28. The Labute approximate surface area is 165 Å². The van der Waals surface area contributed by atoms with Gasteiger partial charge < -0.3 is 10.2 Å². The number of hydrogen-bond acceptors (Lipinski definition) is 4. The van der Waals surface area contributed by atoms with Crippen LogP contribution >= 0.6 is 11.8 Å². The van der Waals surface area contributed by atoms with Crippen LogP contribution in [0, 0.1) is 11.8 Å². The van der Waals surface area contributed by atoms with Crippen LogP contribution in [-0.2, 0) is 4.79 Å². The topological polar surface area (TPSA) is 52.7 Å². The van der Waals surface area contributed by atoms with Crippen LogP contribution < -0.4 is 5.32 Å². The highest BCUT2D eigenvalue weighted by atomic mass is 32.2. The maximum Gasteiger partial charge on any atom is 0.253 e. The average Bonchev–Trinajstić information content (AvgIpc) is 3.07. The van der Waals surface area contributed by atoms with E-state index in [1.165, 1.54) is 12.8 Å². The Kier molecular flexibility index (Phi) is 5.46. The molecule has 2 heterocycles. The van der Waals surface area contributed by atoms with Crippen molar-refractivity contribution in [3.63, 3.8) is 0 Å². The molecule has 4 atom stereocenters. The van der Waals surface area contributed by atoms with E-state index in [2.05, 4.69) is 23.4 Å². The van der Waals surface area contributed by atoms with Gasteiger partial charge in [-0.1, -0.05) is 6.92 Å². The largest absolute Gasteiger partial charge is 0.336 e. The molecule has 27 heavy (non-hydrogen) atoms. The van der Waals surface area contributed by atoms with Crippen molar-refractivity contribution in [3.05, 3.63) is 29.8 Å². The molecule has 3 aliphatic rings. The lowest BCUT2D eigenvalue weighted by Gasteiger charge is -2.27. The lowest BCUT2D eigenvalue weighted by molar-refractivity contribution is -0.117. The number of anilines is 1. The number of likely N-dealkylation sites (tertiary alicyclic amines) is 2. The number of amides is 2. The van der Waals surface area contributed by atoms with Crippen LogP contribution in [0.1, 0.15) is 36.5 Å². The molecule has 0 spiro atoms. The number of hydrogen-bond donors (Lipinski definition) is 1. The first-order valence-electron chi connectivity index (χ1n) is 10.0. The molecule has 5 nitrogen and oxygen atoms in total. The summed E-state index contributed by atoms with van der Waals surface area (Å²) in [5.41, 5.74) is 1.48. The molecule has 1 aromatic carbocycles. The normalized spacial score (nSPS) is 30.5. The standard InChI is InChI=1S/C21H29N3O2S/c1-14-11-17(14)20(25)22-16-7-5-15(6-8-16)21(26)24-12-18(19(13-24)27-2)23-9-3-4-10-23/h5-8,14,17-19H,3-4,9-13H2,1-2H3,(H,22,25)/t14-,17+,18+,19+/m0/s1. The Morgan fingerprint density at radius 1 is 1.11 bits per heavy atom. The van der Waals surface area contributed by atoms with E-state index < -0.39 is 0 Å². The first-order chi connectivity index (χ1) is 13.1. The van der Waals surface area contributed by atoms with Crippen LogP contribution in [0.3, 0.4) is 0 Å². The number of carbonyl (C=O) groups excluding carboxylic acids is 2. The van der Waals surface area contributed by atoms with Crippen LogP contribution in [0.5, 0.6) is 0 Å². The monoisotopic (exact) mass is 387 g/mol. The minimum atomic E-state index is 0.0948. The zero-order chi connectivity index (χ0) is 19.0. The molecule has 0 aromatic heterocycles. The molecule has 1 saturated carbocycles. The van der Waals surface area contributed by atoms with Crippen LogP contribution in [0.15, 0.2) is 24.3 Å². The van der Waals surface area contributed by atoms with Gasteiger partial charge in [-0.3, -0.25) is 14.5 Å². The molecule has 2 aliphatic heterocycles. The SMILES string of the molecule is CS[C@@H]1CN(C(=O)c2ccc(NC(=O)[C@@H]3C[C@@H]3C)cc2)C[C@H]1N1CCCC1. The predicted molar refractivity (Wildman–Crippen MR) is 110 cm³/mol. The molecule has 1 aromatic rings. The predicted octanol–water partition coefficient (Wildman–Crippen LogP) is 2.93. The third-order valence-corrected chi connectivity index (χ3v) is 7.35. The number of carbonyl (C=O) groups is 2. The second-order valence-corrected chi connectivity index (χ2v) is 9.26. The molecule has 3 fully saturated rings. The third-order valence-electron chi connectivity index (χ3n) is 6.28. The average molecular weight is 388 g/mol. The third kappa shape index (κ3) is 4.02. The van der Waals surface area contributed by atoms with Gasteiger partial charge in [-0.25, -0.2) is 0 Å². The van der Waals surface area contributed by atoms with Crippen molar-refractivity contribution in [2.75, 3.05) is 37.8 Å². The Morgan fingerprint density at radius 3 is 2.37 bits per heavy atom. The van der Waals surface area contributed by atoms with Crippen molar-refractivity contribution in [1.82, 2.24) is 9.80 Å². The van der Waals surface area contributed by atoms with E-state index in [9.17, 15) is 9.59 Å². The zero-order valence-corrected chi connectivity index (χ0v) is 17.0. The highest BCUT2D eigenvalue weighted by molar-refractivity contribution is 7.99. The molecular formula is C21H29N3O2S. The highest BCUT2D eigenvalue weighted by Crippen LogP contribution is 2.38. The summed E-state index contributed by atoms with van der Waals surface area (Å²) < 4.78 is 0. The van der Waals surface area contributed by atoms with Crippen molar-refractivity contribution in [2.45, 2.75) is 37.5 Å². The minimum Gasteiger partial charge on any atom is -0.336 e. The molecule has 146 valence electrons. The summed E-state index contributed by atoms with van der Waals surface area (Å²) in [4.78, 5) is 29.6. The van der Waals surface area contributed by atoms with Gasteiger partial charge in [0, 0.05) is 41.6 Å². The molecule has 1 aliphatic carbocycles. The molecule has 0 unspecified atom stereocenters. The molecule has 0 bridgehead atoms. The lowest BCUT2D eigenvalue weighted by Crippen LogP contribution is -2.40. The maximum absolute atomic E-state index is 13.0.